The summed E-state index contributed by atoms with van der Waals surface area (Å²) in [6, 6.07) is 20.6. The fourth-order valence-corrected chi connectivity index (χ4v) is 3.85. The molecule has 0 aliphatic carbocycles. The molecule has 0 aliphatic rings. The number of benzene rings is 2. The van der Waals surface area contributed by atoms with Crippen LogP contribution in [0.2, 0.25) is 0 Å². The fraction of sp³-hybridized carbons (Fsp3) is 0.0909. The molecule has 0 fully saturated rings. The minimum atomic E-state index is -0.186. The highest BCUT2D eigenvalue weighted by Crippen LogP contribution is 2.25. The first-order valence-electron chi connectivity index (χ1n) is 8.85. The molecule has 2 aromatic carbocycles. The topological polar surface area (TPSA) is 71.3 Å². The normalized spacial score (nSPS) is 10.7. The van der Waals surface area contributed by atoms with Crippen LogP contribution in [0, 0.1) is 0 Å². The molecular formula is C22H18N2O3S. The maximum absolute atomic E-state index is 12.4. The summed E-state index contributed by atoms with van der Waals surface area (Å²) < 4.78 is 6.30. The van der Waals surface area contributed by atoms with Gasteiger partial charge in [0, 0.05) is 16.8 Å². The Morgan fingerprint density at radius 1 is 0.857 bits per heavy atom. The molecule has 0 bridgehead atoms. The molecule has 0 unspecified atom stereocenters. The van der Waals surface area contributed by atoms with Crippen molar-refractivity contribution in [1.82, 2.24) is 10.6 Å². The number of carbonyl (C=O) groups is 2. The Balaban J connectivity index is 1.37. The maximum Gasteiger partial charge on any atom is 0.261 e. The summed E-state index contributed by atoms with van der Waals surface area (Å²) in [5.74, 6) is 0.392. The maximum atomic E-state index is 12.4. The third-order valence-corrected chi connectivity index (χ3v) is 5.41. The lowest BCUT2D eigenvalue weighted by Crippen LogP contribution is -2.24. The van der Waals surface area contributed by atoms with Crippen molar-refractivity contribution in [2.75, 3.05) is 0 Å². The van der Waals surface area contributed by atoms with Crippen LogP contribution in [0.4, 0.5) is 0 Å². The summed E-state index contributed by atoms with van der Waals surface area (Å²) in [5, 5.41) is 6.80. The quantitative estimate of drug-likeness (QED) is 0.514. The van der Waals surface area contributed by atoms with Crippen LogP contribution in [0.5, 0.6) is 0 Å². The number of carbonyl (C=O) groups excluding carboxylic acids is 2. The minimum absolute atomic E-state index is 0.117. The molecule has 5 nitrogen and oxygen atoms in total. The van der Waals surface area contributed by atoms with E-state index in [1.807, 2.05) is 42.5 Å². The standard InChI is InChI=1S/C22H18N2O3S/c25-21(24-14-18-8-4-10-27-18)17-7-3-5-15(11-17)13-23-22(26)20-12-16-6-1-2-9-19(16)28-20/h1-12H,13-14H2,(H,23,26)(H,24,25). The summed E-state index contributed by atoms with van der Waals surface area (Å²) in [5.41, 5.74) is 1.40. The molecule has 0 radical (unpaired) electrons. The van der Waals surface area contributed by atoms with E-state index in [1.165, 1.54) is 11.3 Å². The Kier molecular flexibility index (Phi) is 5.21. The SMILES string of the molecule is O=C(NCc1ccco1)c1cccc(CNC(=O)c2cc3ccccc3s2)c1. The monoisotopic (exact) mass is 390 g/mol. The van der Waals surface area contributed by atoms with E-state index >= 15 is 0 Å². The molecule has 0 aliphatic heterocycles. The number of hydrogen-bond acceptors (Lipinski definition) is 4. The Morgan fingerprint density at radius 3 is 2.54 bits per heavy atom. The fourth-order valence-electron chi connectivity index (χ4n) is 2.87. The number of thiophene rings is 1. The van der Waals surface area contributed by atoms with E-state index in [-0.39, 0.29) is 11.8 Å². The van der Waals surface area contributed by atoms with Crippen LogP contribution < -0.4 is 10.6 Å². The molecule has 4 aromatic rings. The second-order valence-corrected chi connectivity index (χ2v) is 7.38. The average Bonchev–Trinajstić information content (AvgIpc) is 3.40. The predicted octanol–water partition coefficient (Wildman–Crippen LogP) is 4.35. The van der Waals surface area contributed by atoms with Crippen molar-refractivity contribution < 1.29 is 14.0 Å². The van der Waals surface area contributed by atoms with Gasteiger partial charge in [-0.1, -0.05) is 30.3 Å². The summed E-state index contributed by atoms with van der Waals surface area (Å²) in [6.45, 7) is 0.686. The van der Waals surface area contributed by atoms with Crippen molar-refractivity contribution in [1.29, 1.82) is 0 Å². The summed E-state index contributed by atoms with van der Waals surface area (Å²) >= 11 is 1.47. The average molecular weight is 390 g/mol. The first-order valence-corrected chi connectivity index (χ1v) is 9.67. The predicted molar refractivity (Wildman–Crippen MR) is 109 cm³/mol. The number of hydrogen-bond donors (Lipinski definition) is 2. The highest BCUT2D eigenvalue weighted by atomic mass is 32.1. The van der Waals surface area contributed by atoms with Crippen LogP contribution in [0.25, 0.3) is 10.1 Å². The second kappa shape index (κ2) is 8.10. The molecular weight excluding hydrogens is 372 g/mol. The van der Waals surface area contributed by atoms with E-state index in [0.29, 0.717) is 29.3 Å². The molecule has 2 aromatic heterocycles. The van der Waals surface area contributed by atoms with E-state index in [9.17, 15) is 9.59 Å². The summed E-state index contributed by atoms with van der Waals surface area (Å²) in [6.07, 6.45) is 1.57. The Hall–Kier alpha value is -3.38. The van der Waals surface area contributed by atoms with Gasteiger partial charge in [0.25, 0.3) is 11.8 Å². The number of rotatable bonds is 6. The van der Waals surface area contributed by atoms with Gasteiger partial charge in [0.2, 0.25) is 0 Å². The molecule has 0 saturated heterocycles. The number of furan rings is 1. The van der Waals surface area contributed by atoms with Crippen LogP contribution in [0.3, 0.4) is 0 Å². The molecule has 140 valence electrons. The number of amides is 2. The molecule has 0 atom stereocenters. The van der Waals surface area contributed by atoms with Crippen molar-refractivity contribution in [3.63, 3.8) is 0 Å². The van der Waals surface area contributed by atoms with Crippen LogP contribution >= 0.6 is 11.3 Å². The highest BCUT2D eigenvalue weighted by molar-refractivity contribution is 7.20. The third kappa shape index (κ3) is 4.13. The van der Waals surface area contributed by atoms with E-state index in [2.05, 4.69) is 10.6 Å². The molecule has 6 heteroatoms. The summed E-state index contributed by atoms with van der Waals surface area (Å²) in [4.78, 5) is 25.4. The van der Waals surface area contributed by atoms with E-state index in [1.54, 1.807) is 30.5 Å². The van der Waals surface area contributed by atoms with Gasteiger partial charge in [-0.05, 0) is 47.3 Å². The zero-order chi connectivity index (χ0) is 19.3. The minimum Gasteiger partial charge on any atom is -0.467 e. The Morgan fingerprint density at radius 2 is 1.71 bits per heavy atom. The number of nitrogens with one attached hydrogen (secondary N) is 2. The molecule has 2 amide bonds. The molecule has 2 N–H and O–H groups in total. The number of fused-ring (bicyclic) bond motifs is 1. The molecule has 2 heterocycles. The Labute approximate surface area is 166 Å². The van der Waals surface area contributed by atoms with Gasteiger partial charge >= 0.3 is 0 Å². The van der Waals surface area contributed by atoms with Crippen molar-refractivity contribution in [2.45, 2.75) is 13.1 Å². The van der Waals surface area contributed by atoms with Gasteiger partial charge in [0.15, 0.2) is 0 Å². The van der Waals surface area contributed by atoms with E-state index in [4.69, 9.17) is 4.42 Å². The summed E-state index contributed by atoms with van der Waals surface area (Å²) in [7, 11) is 0. The van der Waals surface area contributed by atoms with Crippen LogP contribution in [-0.2, 0) is 13.1 Å². The van der Waals surface area contributed by atoms with Crippen molar-refractivity contribution in [3.05, 3.63) is 94.8 Å². The lowest BCUT2D eigenvalue weighted by molar-refractivity contribution is 0.0945. The van der Waals surface area contributed by atoms with Crippen molar-refractivity contribution >= 4 is 33.2 Å². The lowest BCUT2D eigenvalue weighted by Gasteiger charge is -2.07. The van der Waals surface area contributed by atoms with Crippen molar-refractivity contribution in [2.24, 2.45) is 0 Å². The van der Waals surface area contributed by atoms with Gasteiger partial charge in [0.05, 0.1) is 17.7 Å². The van der Waals surface area contributed by atoms with Gasteiger partial charge in [-0.3, -0.25) is 9.59 Å². The van der Waals surface area contributed by atoms with Gasteiger partial charge in [-0.25, -0.2) is 0 Å². The first kappa shape index (κ1) is 18.0. The third-order valence-electron chi connectivity index (χ3n) is 4.29. The van der Waals surface area contributed by atoms with Crippen LogP contribution in [-0.4, -0.2) is 11.8 Å². The van der Waals surface area contributed by atoms with E-state index in [0.717, 1.165) is 15.6 Å². The first-order chi connectivity index (χ1) is 13.7. The van der Waals surface area contributed by atoms with Crippen molar-refractivity contribution in [3.8, 4) is 0 Å². The molecule has 0 spiro atoms. The molecule has 0 saturated carbocycles. The van der Waals surface area contributed by atoms with Gasteiger partial charge in [-0.15, -0.1) is 11.3 Å². The zero-order valence-corrected chi connectivity index (χ0v) is 15.8. The lowest BCUT2D eigenvalue weighted by atomic mass is 10.1. The molecule has 4 rings (SSSR count). The Bertz CT molecular complexity index is 1080. The van der Waals surface area contributed by atoms with Gasteiger partial charge in [0.1, 0.15) is 5.76 Å². The largest absolute Gasteiger partial charge is 0.467 e. The smallest absolute Gasteiger partial charge is 0.261 e. The van der Waals surface area contributed by atoms with Crippen LogP contribution in [0.15, 0.2) is 77.4 Å². The van der Waals surface area contributed by atoms with E-state index < -0.39 is 0 Å². The zero-order valence-electron chi connectivity index (χ0n) is 15.0. The van der Waals surface area contributed by atoms with Crippen LogP contribution in [0.1, 0.15) is 31.4 Å². The highest BCUT2D eigenvalue weighted by Gasteiger charge is 2.11. The van der Waals surface area contributed by atoms with Gasteiger partial charge in [-0.2, -0.15) is 0 Å². The second-order valence-electron chi connectivity index (χ2n) is 6.29. The van der Waals surface area contributed by atoms with Gasteiger partial charge < -0.3 is 15.1 Å². The molecule has 28 heavy (non-hydrogen) atoms.